The zero-order valence-electron chi connectivity index (χ0n) is 15.4. The SMILES string of the molecule is Cn1ccnc1C(=O)N1CC2(CC(CCOCc3cccc(F)c3)CO2)C1. The molecule has 3 heterocycles. The van der Waals surface area contributed by atoms with Gasteiger partial charge >= 0.3 is 0 Å². The van der Waals surface area contributed by atoms with Crippen LogP contribution in [0.15, 0.2) is 36.7 Å². The Bertz CT molecular complexity index is 816. The highest BCUT2D eigenvalue weighted by Crippen LogP contribution is 2.39. The van der Waals surface area contributed by atoms with Crippen LogP contribution in [-0.4, -0.2) is 52.3 Å². The molecule has 0 radical (unpaired) electrons. The van der Waals surface area contributed by atoms with E-state index in [1.54, 1.807) is 27.9 Å². The summed E-state index contributed by atoms with van der Waals surface area (Å²) in [6.45, 7) is 2.99. The highest BCUT2D eigenvalue weighted by molar-refractivity contribution is 5.91. The van der Waals surface area contributed by atoms with E-state index in [9.17, 15) is 9.18 Å². The number of halogens is 1. The monoisotopic (exact) mass is 373 g/mol. The summed E-state index contributed by atoms with van der Waals surface area (Å²) in [5, 5.41) is 0. The molecule has 144 valence electrons. The Labute approximate surface area is 157 Å². The minimum absolute atomic E-state index is 0.0430. The molecule has 2 saturated heterocycles. The average Bonchev–Trinajstić information content (AvgIpc) is 3.23. The topological polar surface area (TPSA) is 56.6 Å². The first-order valence-electron chi connectivity index (χ1n) is 9.27. The highest BCUT2D eigenvalue weighted by Gasteiger charge is 2.51. The van der Waals surface area contributed by atoms with Gasteiger partial charge in [0.1, 0.15) is 11.4 Å². The zero-order valence-corrected chi connectivity index (χ0v) is 15.4. The van der Waals surface area contributed by atoms with Crippen LogP contribution in [0.5, 0.6) is 0 Å². The summed E-state index contributed by atoms with van der Waals surface area (Å²) in [6, 6.07) is 6.48. The van der Waals surface area contributed by atoms with Crippen LogP contribution in [0.1, 0.15) is 29.0 Å². The Morgan fingerprint density at radius 3 is 3.04 bits per heavy atom. The Balaban J connectivity index is 1.19. The minimum Gasteiger partial charge on any atom is -0.377 e. The van der Waals surface area contributed by atoms with Crippen LogP contribution in [0, 0.1) is 11.7 Å². The number of hydrogen-bond acceptors (Lipinski definition) is 4. The van der Waals surface area contributed by atoms with Gasteiger partial charge in [0.2, 0.25) is 0 Å². The quantitative estimate of drug-likeness (QED) is 0.730. The molecule has 0 aliphatic carbocycles. The number of amides is 1. The van der Waals surface area contributed by atoms with Crippen LogP contribution in [0.2, 0.25) is 0 Å². The third kappa shape index (κ3) is 3.89. The van der Waals surface area contributed by atoms with Crippen molar-refractivity contribution in [3.63, 3.8) is 0 Å². The standard InChI is InChI=1S/C20H24FN3O3/c1-23-7-6-22-18(23)19(25)24-13-20(14-24)10-16(12-27-20)5-8-26-11-15-3-2-4-17(21)9-15/h2-4,6-7,9,16H,5,8,10-14H2,1H3. The lowest BCUT2D eigenvalue weighted by Gasteiger charge is -2.46. The Kier molecular flexibility index (Phi) is 4.97. The molecule has 0 saturated carbocycles. The predicted molar refractivity (Wildman–Crippen MR) is 96.6 cm³/mol. The summed E-state index contributed by atoms with van der Waals surface area (Å²) in [4.78, 5) is 18.4. The molecule has 2 aliphatic heterocycles. The normalized spacial score (nSPS) is 20.8. The van der Waals surface area contributed by atoms with E-state index in [4.69, 9.17) is 9.47 Å². The van der Waals surface area contributed by atoms with E-state index in [2.05, 4.69) is 4.98 Å². The number of ether oxygens (including phenoxy) is 2. The van der Waals surface area contributed by atoms with Gasteiger partial charge in [-0.05, 0) is 36.5 Å². The zero-order chi connectivity index (χ0) is 18.9. The molecule has 1 unspecified atom stereocenters. The van der Waals surface area contributed by atoms with Gasteiger partial charge in [-0.3, -0.25) is 4.79 Å². The number of benzene rings is 1. The van der Waals surface area contributed by atoms with E-state index in [0.717, 1.165) is 18.4 Å². The molecule has 4 rings (SSSR count). The smallest absolute Gasteiger partial charge is 0.290 e. The molecular weight excluding hydrogens is 349 g/mol. The maximum atomic E-state index is 13.1. The second-order valence-corrected chi connectivity index (χ2v) is 7.56. The largest absolute Gasteiger partial charge is 0.377 e. The van der Waals surface area contributed by atoms with Gasteiger partial charge < -0.3 is 18.9 Å². The summed E-state index contributed by atoms with van der Waals surface area (Å²) < 4.78 is 26.6. The molecule has 1 aromatic carbocycles. The fourth-order valence-electron chi connectivity index (χ4n) is 3.92. The van der Waals surface area contributed by atoms with Gasteiger partial charge in [-0.25, -0.2) is 9.37 Å². The number of rotatable bonds is 6. The lowest BCUT2D eigenvalue weighted by molar-refractivity contribution is -0.0954. The first-order chi connectivity index (χ1) is 13.0. The lowest BCUT2D eigenvalue weighted by Crippen LogP contribution is -2.63. The summed E-state index contributed by atoms with van der Waals surface area (Å²) in [5.41, 5.74) is 0.644. The lowest BCUT2D eigenvalue weighted by atomic mass is 9.86. The van der Waals surface area contributed by atoms with E-state index in [-0.39, 0.29) is 17.3 Å². The summed E-state index contributed by atoms with van der Waals surface area (Å²) in [5.74, 6) is 0.614. The van der Waals surface area contributed by atoms with Crippen LogP contribution in [0.25, 0.3) is 0 Å². The van der Waals surface area contributed by atoms with Crippen LogP contribution in [-0.2, 0) is 23.1 Å². The number of likely N-dealkylation sites (tertiary alicyclic amines) is 1. The minimum atomic E-state index is -0.239. The van der Waals surface area contributed by atoms with E-state index < -0.39 is 0 Å². The molecule has 1 atom stereocenters. The van der Waals surface area contributed by atoms with E-state index in [1.807, 2.05) is 13.1 Å². The third-order valence-electron chi connectivity index (χ3n) is 5.37. The molecule has 0 N–H and O–H groups in total. The van der Waals surface area contributed by atoms with E-state index >= 15 is 0 Å². The molecule has 7 heteroatoms. The van der Waals surface area contributed by atoms with Gasteiger partial charge in [-0.2, -0.15) is 0 Å². The second kappa shape index (κ2) is 7.40. The predicted octanol–water partition coefficient (Wildman–Crippen LogP) is 2.40. The molecule has 2 fully saturated rings. The maximum Gasteiger partial charge on any atom is 0.290 e. The van der Waals surface area contributed by atoms with E-state index in [1.165, 1.54) is 12.1 Å². The van der Waals surface area contributed by atoms with Crippen LogP contribution in [0.4, 0.5) is 4.39 Å². The van der Waals surface area contributed by atoms with Gasteiger partial charge in [0.05, 0.1) is 26.3 Å². The number of carbonyl (C=O) groups is 1. The molecule has 6 nitrogen and oxygen atoms in total. The van der Waals surface area contributed by atoms with Crippen molar-refractivity contribution in [3.8, 4) is 0 Å². The fraction of sp³-hybridized carbons (Fsp3) is 0.500. The molecule has 0 bridgehead atoms. The summed E-state index contributed by atoms with van der Waals surface area (Å²) >= 11 is 0. The molecule has 2 aromatic rings. The fourth-order valence-corrected chi connectivity index (χ4v) is 3.92. The van der Waals surface area contributed by atoms with Crippen molar-refractivity contribution in [2.24, 2.45) is 13.0 Å². The Morgan fingerprint density at radius 1 is 1.44 bits per heavy atom. The molecule has 1 amide bonds. The second-order valence-electron chi connectivity index (χ2n) is 7.56. The van der Waals surface area contributed by atoms with Crippen molar-refractivity contribution in [1.29, 1.82) is 0 Å². The van der Waals surface area contributed by atoms with Crippen molar-refractivity contribution in [2.75, 3.05) is 26.3 Å². The van der Waals surface area contributed by atoms with Gasteiger partial charge in [0.25, 0.3) is 5.91 Å². The maximum absolute atomic E-state index is 13.1. The van der Waals surface area contributed by atoms with Crippen molar-refractivity contribution in [1.82, 2.24) is 14.5 Å². The third-order valence-corrected chi connectivity index (χ3v) is 5.37. The van der Waals surface area contributed by atoms with Gasteiger partial charge in [0.15, 0.2) is 5.82 Å². The summed E-state index contributed by atoms with van der Waals surface area (Å²) in [7, 11) is 1.82. The number of aromatic nitrogens is 2. The van der Waals surface area contributed by atoms with Crippen LogP contribution < -0.4 is 0 Å². The van der Waals surface area contributed by atoms with Crippen molar-refractivity contribution in [3.05, 3.63) is 53.9 Å². The Hall–Kier alpha value is -2.25. The number of carbonyl (C=O) groups excluding carboxylic acids is 1. The van der Waals surface area contributed by atoms with Crippen molar-refractivity contribution >= 4 is 5.91 Å². The number of nitrogens with zero attached hydrogens (tertiary/aromatic N) is 3. The van der Waals surface area contributed by atoms with Crippen molar-refractivity contribution < 1.29 is 18.7 Å². The number of imidazole rings is 1. The number of aryl methyl sites for hydroxylation is 1. The first kappa shape index (κ1) is 18.1. The molecule has 2 aliphatic rings. The van der Waals surface area contributed by atoms with Crippen LogP contribution in [0.3, 0.4) is 0 Å². The Morgan fingerprint density at radius 2 is 2.30 bits per heavy atom. The van der Waals surface area contributed by atoms with Crippen LogP contribution >= 0.6 is 0 Å². The van der Waals surface area contributed by atoms with Gasteiger partial charge in [-0.15, -0.1) is 0 Å². The molecule has 27 heavy (non-hydrogen) atoms. The number of hydrogen-bond donors (Lipinski definition) is 0. The van der Waals surface area contributed by atoms with Crippen molar-refractivity contribution in [2.45, 2.75) is 25.0 Å². The van der Waals surface area contributed by atoms with Gasteiger partial charge in [0, 0.05) is 26.0 Å². The van der Waals surface area contributed by atoms with Gasteiger partial charge in [-0.1, -0.05) is 12.1 Å². The highest BCUT2D eigenvalue weighted by atomic mass is 19.1. The molecule has 1 spiro atoms. The average molecular weight is 373 g/mol. The molecule has 1 aromatic heterocycles. The summed E-state index contributed by atoms with van der Waals surface area (Å²) in [6.07, 6.45) is 5.26. The van der Waals surface area contributed by atoms with E-state index in [0.29, 0.717) is 44.7 Å². The molecular formula is C20H24FN3O3. The first-order valence-corrected chi connectivity index (χ1v) is 9.27.